The van der Waals surface area contributed by atoms with E-state index in [9.17, 15) is 10.2 Å². The van der Waals surface area contributed by atoms with Crippen molar-refractivity contribution in [1.82, 2.24) is 5.32 Å². The van der Waals surface area contributed by atoms with Crippen LogP contribution in [-0.4, -0.2) is 48.2 Å². The van der Waals surface area contributed by atoms with Gasteiger partial charge >= 0.3 is 0 Å². The highest BCUT2D eigenvalue weighted by molar-refractivity contribution is 4.85. The third-order valence-corrected chi connectivity index (χ3v) is 2.80. The fraction of sp³-hybridized carbons (Fsp3) is 1.00. The Kier molecular flexibility index (Phi) is 6.17. The van der Waals surface area contributed by atoms with Crippen molar-refractivity contribution < 1.29 is 14.9 Å². The van der Waals surface area contributed by atoms with Gasteiger partial charge in [0.25, 0.3) is 0 Å². The molecule has 0 bridgehead atoms. The molecule has 0 amide bonds. The van der Waals surface area contributed by atoms with Gasteiger partial charge in [-0.25, -0.2) is 0 Å². The molecule has 1 saturated heterocycles. The first-order valence-corrected chi connectivity index (χ1v) is 5.94. The molecule has 1 heterocycles. The summed E-state index contributed by atoms with van der Waals surface area (Å²) >= 11 is 0. The molecule has 4 heteroatoms. The van der Waals surface area contributed by atoms with E-state index in [-0.39, 0.29) is 6.10 Å². The Morgan fingerprint density at radius 2 is 2.00 bits per heavy atom. The molecule has 4 nitrogen and oxygen atoms in total. The van der Waals surface area contributed by atoms with Gasteiger partial charge in [-0.1, -0.05) is 26.2 Å². The molecule has 1 rings (SSSR count). The molecule has 1 fully saturated rings. The van der Waals surface area contributed by atoms with Crippen LogP contribution in [0.1, 0.15) is 32.6 Å². The molecule has 1 aliphatic rings. The molecule has 3 atom stereocenters. The SMILES string of the molecule is CCCCCCO[C@H]1CNC[C@@H](O)[C@@H]1O. The number of nitrogens with one attached hydrogen (secondary N) is 1. The van der Waals surface area contributed by atoms with Crippen LogP contribution in [0, 0.1) is 0 Å². The predicted octanol–water partition coefficient (Wildman–Crippen LogP) is 0.277. The average Bonchev–Trinajstić information content (AvgIpc) is 2.24. The molecule has 3 N–H and O–H groups in total. The molecule has 0 aromatic rings. The van der Waals surface area contributed by atoms with Gasteiger partial charge in [0.1, 0.15) is 6.10 Å². The number of unbranched alkanes of at least 4 members (excludes halogenated alkanes) is 3. The smallest absolute Gasteiger partial charge is 0.108 e. The summed E-state index contributed by atoms with van der Waals surface area (Å²) in [5.41, 5.74) is 0. The number of aliphatic hydroxyl groups excluding tert-OH is 2. The molecule has 0 saturated carbocycles. The molecular formula is C11H23NO3. The Labute approximate surface area is 91.6 Å². The van der Waals surface area contributed by atoms with Crippen LogP contribution in [0.2, 0.25) is 0 Å². The first-order chi connectivity index (χ1) is 7.25. The van der Waals surface area contributed by atoms with Gasteiger partial charge in [0.05, 0.1) is 12.2 Å². The van der Waals surface area contributed by atoms with Gasteiger partial charge in [-0.2, -0.15) is 0 Å². The van der Waals surface area contributed by atoms with Gasteiger partial charge in [0, 0.05) is 19.7 Å². The second kappa shape index (κ2) is 7.17. The average molecular weight is 217 g/mol. The van der Waals surface area contributed by atoms with Crippen LogP contribution in [0.4, 0.5) is 0 Å². The van der Waals surface area contributed by atoms with Crippen molar-refractivity contribution in [3.05, 3.63) is 0 Å². The maximum Gasteiger partial charge on any atom is 0.108 e. The molecular weight excluding hydrogens is 194 g/mol. The molecule has 0 unspecified atom stereocenters. The lowest BCUT2D eigenvalue weighted by Crippen LogP contribution is -2.54. The van der Waals surface area contributed by atoms with E-state index in [1.165, 1.54) is 19.3 Å². The second-order valence-electron chi connectivity index (χ2n) is 4.19. The highest BCUT2D eigenvalue weighted by atomic mass is 16.5. The van der Waals surface area contributed by atoms with Crippen LogP contribution in [-0.2, 0) is 4.74 Å². The molecule has 0 radical (unpaired) electrons. The molecule has 1 aliphatic heterocycles. The van der Waals surface area contributed by atoms with E-state index in [4.69, 9.17) is 4.74 Å². The van der Waals surface area contributed by atoms with Crippen LogP contribution in [0.25, 0.3) is 0 Å². The van der Waals surface area contributed by atoms with Crippen molar-refractivity contribution in [3.63, 3.8) is 0 Å². The summed E-state index contributed by atoms with van der Waals surface area (Å²) in [7, 11) is 0. The van der Waals surface area contributed by atoms with Gasteiger partial charge < -0.3 is 20.3 Å². The van der Waals surface area contributed by atoms with Crippen LogP contribution in [0.3, 0.4) is 0 Å². The molecule has 0 spiro atoms. The number of hydrogen-bond acceptors (Lipinski definition) is 4. The second-order valence-corrected chi connectivity index (χ2v) is 4.19. The summed E-state index contributed by atoms with van der Waals surface area (Å²) in [5, 5.41) is 22.1. The summed E-state index contributed by atoms with van der Waals surface area (Å²) in [6.45, 7) is 3.94. The summed E-state index contributed by atoms with van der Waals surface area (Å²) in [4.78, 5) is 0. The number of rotatable bonds is 6. The molecule has 0 aliphatic carbocycles. The quantitative estimate of drug-likeness (QED) is 0.559. The highest BCUT2D eigenvalue weighted by Crippen LogP contribution is 2.09. The third-order valence-electron chi connectivity index (χ3n) is 2.80. The highest BCUT2D eigenvalue weighted by Gasteiger charge is 2.30. The zero-order chi connectivity index (χ0) is 11.1. The summed E-state index contributed by atoms with van der Waals surface area (Å²) in [6.07, 6.45) is 2.97. The molecule has 0 aromatic carbocycles. The zero-order valence-electron chi connectivity index (χ0n) is 9.48. The minimum atomic E-state index is -0.738. The topological polar surface area (TPSA) is 61.7 Å². The predicted molar refractivity (Wildman–Crippen MR) is 58.8 cm³/mol. The lowest BCUT2D eigenvalue weighted by atomic mass is 10.0. The summed E-state index contributed by atoms with van der Waals surface area (Å²) in [5.74, 6) is 0. The Morgan fingerprint density at radius 3 is 2.73 bits per heavy atom. The normalized spacial score (nSPS) is 31.8. The van der Waals surface area contributed by atoms with E-state index < -0.39 is 12.2 Å². The zero-order valence-corrected chi connectivity index (χ0v) is 9.48. The van der Waals surface area contributed by atoms with Crippen molar-refractivity contribution in [2.75, 3.05) is 19.7 Å². The van der Waals surface area contributed by atoms with Crippen molar-refractivity contribution >= 4 is 0 Å². The minimum absolute atomic E-state index is 0.254. The molecule has 90 valence electrons. The van der Waals surface area contributed by atoms with E-state index >= 15 is 0 Å². The Bertz CT molecular complexity index is 166. The number of β-amino-alcohol motifs (C(OH)–C–C–N with tert-alkyl or cyclic N) is 1. The first kappa shape index (κ1) is 12.9. The molecule has 15 heavy (non-hydrogen) atoms. The van der Waals surface area contributed by atoms with Gasteiger partial charge in [-0.3, -0.25) is 0 Å². The monoisotopic (exact) mass is 217 g/mol. The Hall–Kier alpha value is -0.160. The van der Waals surface area contributed by atoms with Crippen molar-refractivity contribution in [3.8, 4) is 0 Å². The van der Waals surface area contributed by atoms with Crippen LogP contribution < -0.4 is 5.32 Å². The minimum Gasteiger partial charge on any atom is -0.389 e. The number of aliphatic hydroxyl groups is 2. The van der Waals surface area contributed by atoms with Crippen LogP contribution in [0.15, 0.2) is 0 Å². The largest absolute Gasteiger partial charge is 0.389 e. The fourth-order valence-corrected chi connectivity index (χ4v) is 1.78. The molecule has 0 aromatic heterocycles. The van der Waals surface area contributed by atoms with Gasteiger partial charge in [0.2, 0.25) is 0 Å². The van der Waals surface area contributed by atoms with E-state index in [1.54, 1.807) is 0 Å². The van der Waals surface area contributed by atoms with Crippen molar-refractivity contribution in [2.45, 2.75) is 50.9 Å². The van der Waals surface area contributed by atoms with E-state index in [1.807, 2.05) is 0 Å². The van der Waals surface area contributed by atoms with Gasteiger partial charge in [0.15, 0.2) is 0 Å². The lowest BCUT2D eigenvalue weighted by molar-refractivity contribution is -0.104. The maximum atomic E-state index is 9.63. The summed E-state index contributed by atoms with van der Waals surface area (Å²) in [6, 6.07) is 0. The van der Waals surface area contributed by atoms with E-state index in [0.29, 0.717) is 19.7 Å². The van der Waals surface area contributed by atoms with E-state index in [2.05, 4.69) is 12.2 Å². The number of ether oxygens (including phenoxy) is 1. The third kappa shape index (κ3) is 4.47. The lowest BCUT2D eigenvalue weighted by Gasteiger charge is -2.32. The maximum absolute atomic E-state index is 9.63. The Balaban J connectivity index is 2.09. The standard InChI is InChI=1S/C11H23NO3/c1-2-3-4-5-6-15-10-8-12-7-9(13)11(10)14/h9-14H,2-8H2,1H3/t9-,10+,11+/m1/s1. The Morgan fingerprint density at radius 1 is 1.20 bits per heavy atom. The van der Waals surface area contributed by atoms with E-state index in [0.717, 1.165) is 6.42 Å². The van der Waals surface area contributed by atoms with Crippen molar-refractivity contribution in [2.24, 2.45) is 0 Å². The summed E-state index contributed by atoms with van der Waals surface area (Å²) < 4.78 is 5.54. The van der Waals surface area contributed by atoms with Crippen LogP contribution in [0.5, 0.6) is 0 Å². The fourth-order valence-electron chi connectivity index (χ4n) is 1.78. The first-order valence-electron chi connectivity index (χ1n) is 5.94. The van der Waals surface area contributed by atoms with Crippen molar-refractivity contribution in [1.29, 1.82) is 0 Å². The van der Waals surface area contributed by atoms with Gasteiger partial charge in [-0.15, -0.1) is 0 Å². The van der Waals surface area contributed by atoms with Crippen LogP contribution >= 0.6 is 0 Å². The number of hydrogen-bond donors (Lipinski definition) is 3. The number of piperidine rings is 1. The van der Waals surface area contributed by atoms with Gasteiger partial charge in [-0.05, 0) is 6.42 Å².